The first-order chi connectivity index (χ1) is 12.3. The second kappa shape index (κ2) is 8.94. The Hall–Kier alpha value is -2.72. The van der Waals surface area contributed by atoms with Crippen molar-refractivity contribution in [1.82, 2.24) is 10.3 Å². The van der Waals surface area contributed by atoms with Gasteiger partial charge in [-0.1, -0.05) is 42.5 Å². The quantitative estimate of drug-likeness (QED) is 0.628. The van der Waals surface area contributed by atoms with Gasteiger partial charge in [0.05, 0.1) is 5.69 Å². The zero-order valence-electron chi connectivity index (χ0n) is 14.0. The van der Waals surface area contributed by atoms with E-state index in [2.05, 4.69) is 10.3 Å². The van der Waals surface area contributed by atoms with E-state index < -0.39 is 0 Å². The van der Waals surface area contributed by atoms with Crippen molar-refractivity contribution in [1.29, 1.82) is 0 Å². The monoisotopic (exact) mass is 336 g/mol. The highest BCUT2D eigenvalue weighted by atomic mass is 19.1. The SMILES string of the molecule is Fc1ccccc1CCNCc1ccccc1OCc1ccccn1. The Morgan fingerprint density at radius 3 is 2.44 bits per heavy atom. The fourth-order valence-corrected chi connectivity index (χ4v) is 2.57. The fourth-order valence-electron chi connectivity index (χ4n) is 2.57. The molecule has 1 heterocycles. The molecular formula is C21H21FN2O. The van der Waals surface area contributed by atoms with Crippen LogP contribution in [-0.2, 0) is 19.6 Å². The summed E-state index contributed by atoms with van der Waals surface area (Å²) >= 11 is 0. The van der Waals surface area contributed by atoms with Gasteiger partial charge >= 0.3 is 0 Å². The maximum Gasteiger partial charge on any atom is 0.130 e. The summed E-state index contributed by atoms with van der Waals surface area (Å²) in [6.45, 7) is 1.81. The highest BCUT2D eigenvalue weighted by molar-refractivity contribution is 5.33. The average molecular weight is 336 g/mol. The number of rotatable bonds is 8. The molecule has 1 aromatic heterocycles. The fraction of sp³-hybridized carbons (Fsp3) is 0.190. The van der Waals surface area contributed by atoms with Gasteiger partial charge in [0.15, 0.2) is 0 Å². The number of para-hydroxylation sites is 1. The van der Waals surface area contributed by atoms with Gasteiger partial charge in [0.25, 0.3) is 0 Å². The molecule has 0 radical (unpaired) electrons. The van der Waals surface area contributed by atoms with Gasteiger partial charge in [0.1, 0.15) is 18.2 Å². The predicted octanol–water partition coefficient (Wildman–Crippen LogP) is 4.13. The van der Waals surface area contributed by atoms with Gasteiger partial charge in [-0.2, -0.15) is 0 Å². The molecule has 0 spiro atoms. The summed E-state index contributed by atoms with van der Waals surface area (Å²) in [6, 6.07) is 20.6. The first kappa shape index (κ1) is 17.1. The molecule has 0 saturated heterocycles. The molecule has 0 amide bonds. The van der Waals surface area contributed by atoms with Gasteiger partial charge in [0, 0.05) is 18.3 Å². The van der Waals surface area contributed by atoms with Crippen LogP contribution in [0.25, 0.3) is 0 Å². The van der Waals surface area contributed by atoms with E-state index in [4.69, 9.17) is 4.74 Å². The molecule has 2 aromatic carbocycles. The lowest BCUT2D eigenvalue weighted by Crippen LogP contribution is -2.17. The number of hydrogen-bond donors (Lipinski definition) is 1. The first-order valence-corrected chi connectivity index (χ1v) is 8.37. The maximum atomic E-state index is 13.6. The number of aromatic nitrogens is 1. The van der Waals surface area contributed by atoms with E-state index >= 15 is 0 Å². The van der Waals surface area contributed by atoms with Crippen LogP contribution in [0.3, 0.4) is 0 Å². The van der Waals surface area contributed by atoms with Gasteiger partial charge in [-0.3, -0.25) is 4.98 Å². The van der Waals surface area contributed by atoms with Crippen LogP contribution in [-0.4, -0.2) is 11.5 Å². The maximum absolute atomic E-state index is 13.6. The van der Waals surface area contributed by atoms with E-state index in [0.717, 1.165) is 22.6 Å². The highest BCUT2D eigenvalue weighted by Gasteiger charge is 2.05. The molecule has 3 aromatic rings. The van der Waals surface area contributed by atoms with Crippen LogP contribution in [0.4, 0.5) is 4.39 Å². The largest absolute Gasteiger partial charge is 0.487 e. The van der Waals surface area contributed by atoms with Crippen LogP contribution >= 0.6 is 0 Å². The van der Waals surface area contributed by atoms with E-state index in [-0.39, 0.29) is 5.82 Å². The molecule has 128 valence electrons. The minimum Gasteiger partial charge on any atom is -0.487 e. The number of benzene rings is 2. The molecule has 3 nitrogen and oxygen atoms in total. The van der Waals surface area contributed by atoms with Crippen molar-refractivity contribution in [2.45, 2.75) is 19.6 Å². The molecule has 4 heteroatoms. The summed E-state index contributed by atoms with van der Waals surface area (Å²) in [7, 11) is 0. The van der Waals surface area contributed by atoms with Gasteiger partial charge in [-0.25, -0.2) is 4.39 Å². The molecular weight excluding hydrogens is 315 g/mol. The molecule has 0 saturated carbocycles. The molecule has 3 rings (SSSR count). The molecule has 0 unspecified atom stereocenters. The lowest BCUT2D eigenvalue weighted by atomic mass is 10.1. The summed E-state index contributed by atoms with van der Waals surface area (Å²) in [5, 5.41) is 3.35. The van der Waals surface area contributed by atoms with E-state index in [0.29, 0.717) is 26.1 Å². The lowest BCUT2D eigenvalue weighted by molar-refractivity contribution is 0.297. The van der Waals surface area contributed by atoms with Gasteiger partial charge in [0.2, 0.25) is 0 Å². The molecule has 0 aliphatic carbocycles. The van der Waals surface area contributed by atoms with Gasteiger partial charge in [-0.05, 0) is 42.8 Å². The number of ether oxygens (including phenoxy) is 1. The lowest BCUT2D eigenvalue weighted by Gasteiger charge is -2.12. The number of pyridine rings is 1. The van der Waals surface area contributed by atoms with Crippen molar-refractivity contribution in [2.75, 3.05) is 6.54 Å². The second-order valence-corrected chi connectivity index (χ2v) is 5.74. The minimum absolute atomic E-state index is 0.150. The second-order valence-electron chi connectivity index (χ2n) is 5.74. The van der Waals surface area contributed by atoms with Crippen LogP contribution in [0.1, 0.15) is 16.8 Å². The smallest absolute Gasteiger partial charge is 0.130 e. The van der Waals surface area contributed by atoms with Crippen LogP contribution in [0.5, 0.6) is 5.75 Å². The molecule has 1 N–H and O–H groups in total. The van der Waals surface area contributed by atoms with Gasteiger partial charge in [-0.15, -0.1) is 0 Å². The number of hydrogen-bond acceptors (Lipinski definition) is 3. The Labute approximate surface area is 147 Å². The summed E-state index contributed by atoms with van der Waals surface area (Å²) in [5.41, 5.74) is 2.70. The van der Waals surface area contributed by atoms with E-state index in [1.165, 1.54) is 6.07 Å². The topological polar surface area (TPSA) is 34.1 Å². The molecule has 0 atom stereocenters. The van der Waals surface area contributed by atoms with Crippen molar-refractivity contribution in [3.8, 4) is 5.75 Å². The summed E-state index contributed by atoms with van der Waals surface area (Å²) in [6.07, 6.45) is 2.42. The number of nitrogens with zero attached hydrogens (tertiary/aromatic N) is 1. The Morgan fingerprint density at radius 1 is 0.880 bits per heavy atom. The zero-order valence-corrected chi connectivity index (χ0v) is 14.0. The Kier molecular flexibility index (Phi) is 6.12. The summed E-state index contributed by atoms with van der Waals surface area (Å²) in [5.74, 6) is 0.690. The summed E-state index contributed by atoms with van der Waals surface area (Å²) in [4.78, 5) is 4.26. The highest BCUT2D eigenvalue weighted by Crippen LogP contribution is 2.19. The van der Waals surface area contributed by atoms with Crippen molar-refractivity contribution in [2.24, 2.45) is 0 Å². The van der Waals surface area contributed by atoms with E-state index in [1.54, 1.807) is 12.3 Å². The van der Waals surface area contributed by atoms with E-state index in [9.17, 15) is 4.39 Å². The predicted molar refractivity (Wildman–Crippen MR) is 96.8 cm³/mol. The Balaban J connectivity index is 1.51. The number of halogens is 1. The van der Waals surface area contributed by atoms with Crippen molar-refractivity contribution in [3.05, 3.63) is 95.6 Å². The standard InChI is InChI=1S/C21H21FN2O/c22-20-10-3-1-7-17(20)12-14-23-15-18-8-2-4-11-21(18)25-16-19-9-5-6-13-24-19/h1-11,13,23H,12,14-16H2. The average Bonchev–Trinajstić information content (AvgIpc) is 2.66. The Morgan fingerprint density at radius 2 is 1.64 bits per heavy atom. The third-order valence-electron chi connectivity index (χ3n) is 3.92. The normalized spacial score (nSPS) is 10.6. The van der Waals surface area contributed by atoms with Crippen molar-refractivity contribution >= 4 is 0 Å². The molecule has 0 aliphatic heterocycles. The van der Waals surface area contributed by atoms with Gasteiger partial charge < -0.3 is 10.1 Å². The Bertz CT molecular complexity index is 793. The van der Waals surface area contributed by atoms with Crippen LogP contribution in [0, 0.1) is 5.82 Å². The van der Waals surface area contributed by atoms with Crippen molar-refractivity contribution < 1.29 is 9.13 Å². The van der Waals surface area contributed by atoms with Crippen LogP contribution in [0.2, 0.25) is 0 Å². The van der Waals surface area contributed by atoms with E-state index in [1.807, 2.05) is 54.6 Å². The molecule has 0 fully saturated rings. The molecule has 0 bridgehead atoms. The van der Waals surface area contributed by atoms with Crippen molar-refractivity contribution in [3.63, 3.8) is 0 Å². The molecule has 25 heavy (non-hydrogen) atoms. The minimum atomic E-state index is -0.150. The third-order valence-corrected chi connectivity index (χ3v) is 3.92. The first-order valence-electron chi connectivity index (χ1n) is 8.37. The zero-order chi connectivity index (χ0) is 17.3. The molecule has 0 aliphatic rings. The van der Waals surface area contributed by atoms with Crippen LogP contribution < -0.4 is 10.1 Å². The summed E-state index contributed by atoms with van der Waals surface area (Å²) < 4.78 is 19.5. The number of nitrogens with one attached hydrogen (secondary N) is 1. The third kappa shape index (κ3) is 5.13. The van der Waals surface area contributed by atoms with Crippen LogP contribution in [0.15, 0.2) is 72.9 Å².